The summed E-state index contributed by atoms with van der Waals surface area (Å²) in [5.74, 6) is 1.23. The smallest absolute Gasteiger partial charge is 0.109 e. The highest BCUT2D eigenvalue weighted by molar-refractivity contribution is 5.17. The van der Waals surface area contributed by atoms with Gasteiger partial charge in [-0.2, -0.15) is 0 Å². The summed E-state index contributed by atoms with van der Waals surface area (Å²) >= 11 is 0. The van der Waals surface area contributed by atoms with Gasteiger partial charge in [-0.05, 0) is 19.8 Å². The Labute approximate surface area is 79.0 Å². The Hall–Kier alpha value is -0.830. The van der Waals surface area contributed by atoms with Gasteiger partial charge in [-0.25, -0.2) is 4.98 Å². The van der Waals surface area contributed by atoms with Crippen molar-refractivity contribution < 1.29 is 0 Å². The summed E-state index contributed by atoms with van der Waals surface area (Å²) in [6.45, 7) is 5.23. The lowest BCUT2D eigenvalue weighted by Gasteiger charge is -2.21. The topological polar surface area (TPSA) is 43.8 Å². The predicted octanol–water partition coefficient (Wildman–Crippen LogP) is 1.03. The van der Waals surface area contributed by atoms with Crippen LogP contribution >= 0.6 is 0 Å². The van der Waals surface area contributed by atoms with E-state index in [1.165, 1.54) is 17.2 Å². The zero-order chi connectivity index (χ0) is 9.42. The van der Waals surface area contributed by atoms with Crippen LogP contribution in [0.1, 0.15) is 30.6 Å². The first kappa shape index (κ1) is 8.75. The van der Waals surface area contributed by atoms with Gasteiger partial charge in [0.25, 0.3) is 0 Å². The van der Waals surface area contributed by atoms with Crippen molar-refractivity contribution in [1.29, 1.82) is 0 Å². The lowest BCUT2D eigenvalue weighted by molar-refractivity contribution is 0.445. The van der Waals surface area contributed by atoms with Crippen molar-refractivity contribution in [3.8, 4) is 0 Å². The van der Waals surface area contributed by atoms with Gasteiger partial charge in [0.05, 0.1) is 5.69 Å². The van der Waals surface area contributed by atoms with E-state index < -0.39 is 0 Å². The molecule has 0 amide bonds. The summed E-state index contributed by atoms with van der Waals surface area (Å²) < 4.78 is 2.31. The third-order valence-corrected chi connectivity index (χ3v) is 2.84. The molecule has 2 heterocycles. The molecule has 0 fully saturated rings. The molecule has 0 aliphatic carbocycles. The average Bonchev–Trinajstić information content (AvgIpc) is 2.40. The molecule has 1 atom stereocenters. The minimum Gasteiger partial charge on any atom is -0.330 e. The number of aromatic nitrogens is 2. The molecule has 0 saturated carbocycles. The van der Waals surface area contributed by atoms with Crippen molar-refractivity contribution in [2.24, 2.45) is 5.73 Å². The van der Waals surface area contributed by atoms with Gasteiger partial charge >= 0.3 is 0 Å². The lowest BCUT2D eigenvalue weighted by atomic mass is 10.1. The maximum atomic E-state index is 5.93. The zero-order valence-electron chi connectivity index (χ0n) is 8.38. The van der Waals surface area contributed by atoms with E-state index in [0.717, 1.165) is 25.8 Å². The van der Waals surface area contributed by atoms with E-state index in [1.807, 2.05) is 0 Å². The van der Waals surface area contributed by atoms with Crippen LogP contribution in [0.15, 0.2) is 0 Å². The SMILES string of the molecule is CCc1c(C)nc2n1CC(N)CC2. The van der Waals surface area contributed by atoms with Crippen LogP contribution < -0.4 is 5.73 Å². The molecular formula is C10H17N3. The normalized spacial score (nSPS) is 21.6. The molecule has 72 valence electrons. The Kier molecular flexibility index (Phi) is 2.12. The summed E-state index contributed by atoms with van der Waals surface area (Å²) in [5, 5.41) is 0. The maximum absolute atomic E-state index is 5.93. The van der Waals surface area contributed by atoms with Gasteiger partial charge in [-0.15, -0.1) is 0 Å². The van der Waals surface area contributed by atoms with Crippen LogP contribution in [0.2, 0.25) is 0 Å². The molecule has 0 bridgehead atoms. The number of nitrogens with two attached hydrogens (primary N) is 1. The van der Waals surface area contributed by atoms with Gasteiger partial charge in [-0.1, -0.05) is 6.92 Å². The molecule has 1 unspecified atom stereocenters. The molecule has 3 heteroatoms. The number of imidazole rings is 1. The summed E-state index contributed by atoms with van der Waals surface area (Å²) in [5.41, 5.74) is 8.49. The maximum Gasteiger partial charge on any atom is 0.109 e. The van der Waals surface area contributed by atoms with Gasteiger partial charge < -0.3 is 10.3 Å². The average molecular weight is 179 g/mol. The lowest BCUT2D eigenvalue weighted by Crippen LogP contribution is -2.32. The monoisotopic (exact) mass is 179 g/mol. The minimum absolute atomic E-state index is 0.325. The van der Waals surface area contributed by atoms with E-state index >= 15 is 0 Å². The van der Waals surface area contributed by atoms with Crippen LogP contribution in [0.3, 0.4) is 0 Å². The Balaban J connectivity index is 2.42. The third kappa shape index (κ3) is 1.37. The highest BCUT2D eigenvalue weighted by atomic mass is 15.1. The molecule has 2 rings (SSSR count). The van der Waals surface area contributed by atoms with E-state index in [9.17, 15) is 0 Å². The second kappa shape index (κ2) is 3.14. The molecule has 0 aromatic carbocycles. The second-order valence-corrected chi connectivity index (χ2v) is 3.82. The Bertz CT molecular complexity index is 314. The largest absolute Gasteiger partial charge is 0.330 e. The third-order valence-electron chi connectivity index (χ3n) is 2.84. The van der Waals surface area contributed by atoms with Crippen LogP contribution in [0.4, 0.5) is 0 Å². The Morgan fingerprint density at radius 2 is 2.38 bits per heavy atom. The van der Waals surface area contributed by atoms with E-state index in [4.69, 9.17) is 5.73 Å². The Morgan fingerprint density at radius 1 is 1.62 bits per heavy atom. The zero-order valence-corrected chi connectivity index (χ0v) is 8.38. The molecule has 3 nitrogen and oxygen atoms in total. The van der Waals surface area contributed by atoms with Crippen LogP contribution in [0.25, 0.3) is 0 Å². The highest BCUT2D eigenvalue weighted by Gasteiger charge is 2.20. The molecule has 1 aromatic rings. The number of hydrogen-bond acceptors (Lipinski definition) is 2. The molecule has 0 saturated heterocycles. The fourth-order valence-corrected chi connectivity index (χ4v) is 2.16. The van der Waals surface area contributed by atoms with E-state index in [-0.39, 0.29) is 0 Å². The second-order valence-electron chi connectivity index (χ2n) is 3.82. The first-order valence-electron chi connectivity index (χ1n) is 5.02. The van der Waals surface area contributed by atoms with Crippen molar-refractivity contribution in [3.05, 3.63) is 17.2 Å². The highest BCUT2D eigenvalue weighted by Crippen LogP contribution is 2.19. The van der Waals surface area contributed by atoms with Crippen molar-refractivity contribution in [2.45, 2.75) is 45.7 Å². The Morgan fingerprint density at radius 3 is 3.08 bits per heavy atom. The number of rotatable bonds is 1. The number of aryl methyl sites for hydroxylation is 2. The van der Waals surface area contributed by atoms with Gasteiger partial charge in [0, 0.05) is 24.7 Å². The summed E-state index contributed by atoms with van der Waals surface area (Å²) in [7, 11) is 0. The van der Waals surface area contributed by atoms with Crippen LogP contribution in [0.5, 0.6) is 0 Å². The molecular weight excluding hydrogens is 162 g/mol. The fraction of sp³-hybridized carbons (Fsp3) is 0.700. The van der Waals surface area contributed by atoms with Crippen LogP contribution in [0, 0.1) is 6.92 Å². The standard InChI is InChI=1S/C10H17N3/c1-3-9-7(2)12-10-5-4-8(11)6-13(9)10/h8H,3-6,11H2,1-2H3. The summed E-state index contributed by atoms with van der Waals surface area (Å²) in [6, 6.07) is 0.325. The molecule has 1 aliphatic rings. The van der Waals surface area contributed by atoms with Gasteiger partial charge in [-0.3, -0.25) is 0 Å². The molecule has 2 N–H and O–H groups in total. The molecule has 13 heavy (non-hydrogen) atoms. The first-order chi connectivity index (χ1) is 6.22. The predicted molar refractivity (Wildman–Crippen MR) is 52.6 cm³/mol. The number of nitrogens with zero attached hydrogens (tertiary/aromatic N) is 2. The molecule has 1 aromatic heterocycles. The quantitative estimate of drug-likeness (QED) is 0.699. The van der Waals surface area contributed by atoms with Gasteiger partial charge in [0.1, 0.15) is 5.82 Å². The molecule has 0 radical (unpaired) electrons. The van der Waals surface area contributed by atoms with Crippen molar-refractivity contribution in [3.63, 3.8) is 0 Å². The van der Waals surface area contributed by atoms with Crippen molar-refractivity contribution >= 4 is 0 Å². The van der Waals surface area contributed by atoms with Gasteiger partial charge in [0.15, 0.2) is 0 Å². The first-order valence-corrected chi connectivity index (χ1v) is 5.02. The number of hydrogen-bond donors (Lipinski definition) is 1. The summed E-state index contributed by atoms with van der Waals surface area (Å²) in [4.78, 5) is 4.56. The summed E-state index contributed by atoms with van der Waals surface area (Å²) in [6.07, 6.45) is 3.19. The van der Waals surface area contributed by atoms with Crippen LogP contribution in [-0.4, -0.2) is 15.6 Å². The van der Waals surface area contributed by atoms with E-state index in [1.54, 1.807) is 0 Å². The van der Waals surface area contributed by atoms with E-state index in [0.29, 0.717) is 6.04 Å². The van der Waals surface area contributed by atoms with Gasteiger partial charge in [0.2, 0.25) is 0 Å². The van der Waals surface area contributed by atoms with Crippen LogP contribution in [-0.2, 0) is 19.4 Å². The van der Waals surface area contributed by atoms with E-state index in [2.05, 4.69) is 23.4 Å². The molecule has 1 aliphatic heterocycles. The molecule has 0 spiro atoms. The fourth-order valence-electron chi connectivity index (χ4n) is 2.16. The van der Waals surface area contributed by atoms with Crippen molar-refractivity contribution in [2.75, 3.05) is 0 Å². The van der Waals surface area contributed by atoms with Crippen molar-refractivity contribution in [1.82, 2.24) is 9.55 Å². The number of fused-ring (bicyclic) bond motifs is 1. The minimum atomic E-state index is 0.325.